The van der Waals surface area contributed by atoms with Gasteiger partial charge in [0.2, 0.25) is 0 Å². The number of carboxylic acid groups (broad SMARTS) is 1. The topological polar surface area (TPSA) is 87.7 Å². The maximum Gasteiger partial charge on any atom is 0.326 e. The molecule has 0 aromatic rings. The van der Waals surface area contributed by atoms with Gasteiger partial charge in [0.25, 0.3) is 0 Å². The van der Waals surface area contributed by atoms with Crippen molar-refractivity contribution in [2.75, 3.05) is 7.11 Å². The first kappa shape index (κ1) is 14.8. The molecule has 2 amide bonds. The van der Waals surface area contributed by atoms with Crippen molar-refractivity contribution in [3.63, 3.8) is 0 Å². The second-order valence-corrected chi connectivity index (χ2v) is 5.25. The molecule has 0 radical (unpaired) electrons. The molecule has 3 atom stereocenters. The first-order chi connectivity index (χ1) is 8.32. The second-order valence-electron chi connectivity index (χ2n) is 5.25. The van der Waals surface area contributed by atoms with Crippen molar-refractivity contribution in [1.82, 2.24) is 10.6 Å². The summed E-state index contributed by atoms with van der Waals surface area (Å²) in [4.78, 5) is 22.5. The van der Waals surface area contributed by atoms with Crippen molar-refractivity contribution in [3.8, 4) is 0 Å². The minimum Gasteiger partial charge on any atom is -0.480 e. The van der Waals surface area contributed by atoms with E-state index in [9.17, 15) is 9.59 Å². The fourth-order valence-corrected chi connectivity index (χ4v) is 2.23. The van der Waals surface area contributed by atoms with E-state index in [0.717, 1.165) is 6.42 Å². The van der Waals surface area contributed by atoms with Crippen LogP contribution in [0.4, 0.5) is 4.79 Å². The molecule has 1 saturated carbocycles. The Bertz CT molecular complexity index is 330. The molecule has 0 heterocycles. The largest absolute Gasteiger partial charge is 0.480 e. The fourth-order valence-electron chi connectivity index (χ4n) is 2.23. The number of carbonyl (C=O) groups is 2. The Morgan fingerprint density at radius 1 is 1.50 bits per heavy atom. The number of methoxy groups -OCH3 is 1. The number of rotatable bonds is 5. The van der Waals surface area contributed by atoms with E-state index in [1.165, 1.54) is 0 Å². The lowest BCUT2D eigenvalue weighted by atomic mass is 9.64. The van der Waals surface area contributed by atoms with Crippen LogP contribution >= 0.6 is 0 Å². The minimum atomic E-state index is -1.02. The molecule has 3 N–H and O–H groups in total. The zero-order valence-electron chi connectivity index (χ0n) is 11.3. The van der Waals surface area contributed by atoms with E-state index in [-0.39, 0.29) is 17.6 Å². The molecule has 1 rings (SSSR count). The molecule has 18 heavy (non-hydrogen) atoms. The summed E-state index contributed by atoms with van der Waals surface area (Å²) in [6.07, 6.45) is 1.24. The highest BCUT2D eigenvalue weighted by Crippen LogP contribution is 2.42. The normalized spacial score (nSPS) is 26.9. The van der Waals surface area contributed by atoms with Gasteiger partial charge in [-0.3, -0.25) is 0 Å². The Morgan fingerprint density at radius 3 is 2.50 bits per heavy atom. The van der Waals surface area contributed by atoms with E-state index >= 15 is 0 Å². The lowest BCUT2D eigenvalue weighted by Gasteiger charge is -2.51. The molecule has 0 aliphatic heterocycles. The molecule has 1 aliphatic carbocycles. The summed E-state index contributed by atoms with van der Waals surface area (Å²) in [7, 11) is 1.65. The highest BCUT2D eigenvalue weighted by molar-refractivity contribution is 5.82. The number of ether oxygens (including phenoxy) is 1. The van der Waals surface area contributed by atoms with Gasteiger partial charge in [0, 0.05) is 18.6 Å². The van der Waals surface area contributed by atoms with Gasteiger partial charge in [-0.15, -0.1) is 0 Å². The third-order valence-corrected chi connectivity index (χ3v) is 3.78. The van der Waals surface area contributed by atoms with Gasteiger partial charge in [0.1, 0.15) is 6.04 Å². The van der Waals surface area contributed by atoms with Gasteiger partial charge in [-0.05, 0) is 12.8 Å². The lowest BCUT2D eigenvalue weighted by molar-refractivity contribution is -0.139. The van der Waals surface area contributed by atoms with Crippen LogP contribution in [0.3, 0.4) is 0 Å². The van der Waals surface area contributed by atoms with Crippen molar-refractivity contribution in [2.24, 2.45) is 5.41 Å². The summed E-state index contributed by atoms with van der Waals surface area (Å²) in [6, 6.07) is -1.27. The van der Waals surface area contributed by atoms with Crippen LogP contribution in [0, 0.1) is 5.41 Å². The molecule has 6 nitrogen and oxygen atoms in total. The van der Waals surface area contributed by atoms with Crippen LogP contribution in [0.25, 0.3) is 0 Å². The van der Waals surface area contributed by atoms with Crippen molar-refractivity contribution in [1.29, 1.82) is 0 Å². The Balaban J connectivity index is 2.45. The van der Waals surface area contributed by atoms with Crippen LogP contribution < -0.4 is 10.6 Å². The number of amides is 2. The van der Waals surface area contributed by atoms with E-state index in [1.54, 1.807) is 14.0 Å². The van der Waals surface area contributed by atoms with E-state index in [2.05, 4.69) is 10.6 Å². The first-order valence-corrected chi connectivity index (χ1v) is 6.15. The molecule has 0 saturated heterocycles. The minimum absolute atomic E-state index is 0.00810. The van der Waals surface area contributed by atoms with Crippen LogP contribution in [0.2, 0.25) is 0 Å². The van der Waals surface area contributed by atoms with Gasteiger partial charge in [0.05, 0.1) is 6.10 Å². The Morgan fingerprint density at radius 2 is 2.11 bits per heavy atom. The monoisotopic (exact) mass is 258 g/mol. The van der Waals surface area contributed by atoms with Gasteiger partial charge < -0.3 is 20.5 Å². The molecule has 1 aliphatic rings. The molecule has 0 aromatic carbocycles. The third kappa shape index (κ3) is 2.93. The number of hydrogen-bond donors (Lipinski definition) is 3. The third-order valence-electron chi connectivity index (χ3n) is 3.78. The van der Waals surface area contributed by atoms with Crippen LogP contribution in [-0.2, 0) is 9.53 Å². The van der Waals surface area contributed by atoms with Crippen LogP contribution in [-0.4, -0.2) is 42.4 Å². The van der Waals surface area contributed by atoms with E-state index in [4.69, 9.17) is 9.84 Å². The molecule has 2 unspecified atom stereocenters. The van der Waals surface area contributed by atoms with E-state index < -0.39 is 18.0 Å². The van der Waals surface area contributed by atoms with Gasteiger partial charge in [0.15, 0.2) is 0 Å². The summed E-state index contributed by atoms with van der Waals surface area (Å²) in [5, 5.41) is 14.1. The van der Waals surface area contributed by atoms with Gasteiger partial charge in [-0.1, -0.05) is 20.8 Å². The summed E-state index contributed by atoms with van der Waals surface area (Å²) in [6.45, 7) is 5.75. The number of aliphatic carboxylic acids is 1. The number of carboxylic acids is 1. The standard InChI is InChI=1S/C12H22N2O4/c1-5-7(10(15)16)13-11(17)14-8-6-9(18-4)12(8,2)3/h7-9H,5-6H2,1-4H3,(H,15,16)(H2,13,14,17)/t7-,8?,9?/m0/s1. The Hall–Kier alpha value is -1.30. The zero-order chi connectivity index (χ0) is 13.9. The van der Waals surface area contributed by atoms with Gasteiger partial charge in [-0.25, -0.2) is 9.59 Å². The highest BCUT2D eigenvalue weighted by Gasteiger charge is 2.49. The number of carbonyl (C=O) groups excluding carboxylic acids is 1. The van der Waals surface area contributed by atoms with Crippen molar-refractivity contribution >= 4 is 12.0 Å². The SMILES string of the molecule is CC[C@H](NC(=O)NC1CC(OC)C1(C)C)C(=O)O. The van der Waals surface area contributed by atoms with Crippen LogP contribution in [0.1, 0.15) is 33.6 Å². The molecular weight excluding hydrogens is 236 g/mol. The molecule has 104 valence electrons. The van der Waals surface area contributed by atoms with Crippen LogP contribution in [0.15, 0.2) is 0 Å². The van der Waals surface area contributed by atoms with Crippen molar-refractivity contribution in [3.05, 3.63) is 0 Å². The van der Waals surface area contributed by atoms with Crippen molar-refractivity contribution < 1.29 is 19.4 Å². The van der Waals surface area contributed by atoms with Gasteiger partial charge in [-0.2, -0.15) is 0 Å². The summed E-state index contributed by atoms with van der Waals surface area (Å²) < 4.78 is 5.29. The number of urea groups is 1. The first-order valence-electron chi connectivity index (χ1n) is 6.15. The summed E-state index contributed by atoms with van der Waals surface area (Å²) >= 11 is 0. The molecule has 0 bridgehead atoms. The summed E-state index contributed by atoms with van der Waals surface area (Å²) in [5.41, 5.74) is -0.128. The average molecular weight is 258 g/mol. The predicted octanol–water partition coefficient (Wildman–Crippen LogP) is 0.962. The van der Waals surface area contributed by atoms with Gasteiger partial charge >= 0.3 is 12.0 Å². The Labute approximate surface area is 107 Å². The van der Waals surface area contributed by atoms with Crippen molar-refractivity contribution in [2.45, 2.75) is 51.8 Å². The quantitative estimate of drug-likeness (QED) is 0.685. The summed E-state index contributed by atoms with van der Waals surface area (Å²) in [5.74, 6) is -1.02. The molecule has 0 spiro atoms. The van der Waals surface area contributed by atoms with Crippen LogP contribution in [0.5, 0.6) is 0 Å². The molecule has 0 aromatic heterocycles. The maximum absolute atomic E-state index is 11.7. The lowest BCUT2D eigenvalue weighted by Crippen LogP contribution is -2.63. The smallest absolute Gasteiger partial charge is 0.326 e. The molecule has 1 fully saturated rings. The predicted molar refractivity (Wildman–Crippen MR) is 66.4 cm³/mol. The fraction of sp³-hybridized carbons (Fsp3) is 0.833. The Kier molecular flexibility index (Phi) is 4.56. The molecular formula is C12H22N2O4. The number of hydrogen-bond acceptors (Lipinski definition) is 3. The maximum atomic E-state index is 11.7. The molecule has 6 heteroatoms. The number of nitrogens with one attached hydrogen (secondary N) is 2. The van der Waals surface area contributed by atoms with E-state index in [0.29, 0.717) is 6.42 Å². The second kappa shape index (κ2) is 5.56. The average Bonchev–Trinajstić information content (AvgIpc) is 2.30. The van der Waals surface area contributed by atoms with E-state index in [1.807, 2.05) is 13.8 Å². The highest BCUT2D eigenvalue weighted by atomic mass is 16.5. The zero-order valence-corrected chi connectivity index (χ0v) is 11.3.